The van der Waals surface area contributed by atoms with Crippen molar-refractivity contribution in [2.45, 2.75) is 39.0 Å². The first-order chi connectivity index (χ1) is 16.0. The van der Waals surface area contributed by atoms with Crippen molar-refractivity contribution in [3.8, 4) is 0 Å². The minimum atomic E-state index is -0.559. The third-order valence-corrected chi connectivity index (χ3v) is 6.47. The number of hydrogen-bond donors (Lipinski definition) is 1. The van der Waals surface area contributed by atoms with Gasteiger partial charge in [-0.25, -0.2) is 0 Å². The number of carbonyl (C=O) groups is 4. The summed E-state index contributed by atoms with van der Waals surface area (Å²) in [7, 11) is 0. The molecule has 0 saturated heterocycles. The minimum absolute atomic E-state index is 0.0403. The van der Waals surface area contributed by atoms with Crippen LogP contribution in [0.15, 0.2) is 48.5 Å². The van der Waals surface area contributed by atoms with E-state index in [1.165, 1.54) is 6.92 Å². The second kappa shape index (κ2) is 9.98. The monoisotopic (exact) mass is 448 g/mol. The maximum absolute atomic E-state index is 13.4. The SMILES string of the molecule is CC(=O)c1ccccc1NC(=O)COC(=O)C1CCCCC1C(=O)N1CCc2ccccc21. The molecule has 2 unspecified atom stereocenters. The number of para-hydroxylation sites is 2. The van der Waals surface area contributed by atoms with Gasteiger partial charge in [0.15, 0.2) is 12.4 Å². The van der Waals surface area contributed by atoms with Crippen LogP contribution in [0.1, 0.15) is 48.5 Å². The lowest BCUT2D eigenvalue weighted by Gasteiger charge is -2.32. The van der Waals surface area contributed by atoms with Crippen molar-refractivity contribution >= 4 is 34.9 Å². The Labute approximate surface area is 193 Å². The van der Waals surface area contributed by atoms with Crippen LogP contribution >= 0.6 is 0 Å². The van der Waals surface area contributed by atoms with Gasteiger partial charge in [0.05, 0.1) is 17.5 Å². The molecule has 1 N–H and O–H groups in total. The van der Waals surface area contributed by atoms with Gasteiger partial charge in [0.1, 0.15) is 0 Å². The lowest BCUT2D eigenvalue weighted by atomic mass is 9.78. The summed E-state index contributed by atoms with van der Waals surface area (Å²) in [5, 5.41) is 2.63. The van der Waals surface area contributed by atoms with Crippen molar-refractivity contribution < 1.29 is 23.9 Å². The van der Waals surface area contributed by atoms with E-state index in [4.69, 9.17) is 4.74 Å². The molecule has 2 aliphatic rings. The normalized spacial score (nSPS) is 19.5. The predicted molar refractivity (Wildman–Crippen MR) is 124 cm³/mol. The van der Waals surface area contributed by atoms with Crippen LogP contribution in [-0.2, 0) is 25.5 Å². The van der Waals surface area contributed by atoms with Crippen LogP contribution in [0.2, 0.25) is 0 Å². The summed E-state index contributed by atoms with van der Waals surface area (Å²) >= 11 is 0. The van der Waals surface area contributed by atoms with Gasteiger partial charge < -0.3 is 15.0 Å². The van der Waals surface area contributed by atoms with Crippen LogP contribution < -0.4 is 10.2 Å². The molecule has 0 spiro atoms. The summed E-state index contributed by atoms with van der Waals surface area (Å²) in [6, 6.07) is 14.5. The fraction of sp³-hybridized carbons (Fsp3) is 0.385. The molecule has 0 bridgehead atoms. The molecule has 7 nitrogen and oxygen atoms in total. The topological polar surface area (TPSA) is 92.8 Å². The molecular formula is C26H28N2O5. The van der Waals surface area contributed by atoms with Gasteiger partial charge in [0, 0.05) is 17.8 Å². The van der Waals surface area contributed by atoms with Gasteiger partial charge in [0.25, 0.3) is 5.91 Å². The number of ketones is 1. The van der Waals surface area contributed by atoms with Crippen molar-refractivity contribution in [3.63, 3.8) is 0 Å². The van der Waals surface area contributed by atoms with E-state index < -0.39 is 30.3 Å². The average molecular weight is 449 g/mol. The Kier molecular flexibility index (Phi) is 6.87. The highest BCUT2D eigenvalue weighted by molar-refractivity contribution is 6.04. The van der Waals surface area contributed by atoms with Crippen molar-refractivity contribution in [3.05, 3.63) is 59.7 Å². The van der Waals surface area contributed by atoms with Crippen molar-refractivity contribution in [2.75, 3.05) is 23.4 Å². The molecular weight excluding hydrogens is 420 g/mol. The number of Topliss-reactive ketones (excluding diaryl/α,β-unsaturated/α-hetero) is 1. The van der Waals surface area contributed by atoms with Gasteiger partial charge in [-0.1, -0.05) is 43.2 Å². The van der Waals surface area contributed by atoms with E-state index in [0.717, 1.165) is 30.5 Å². The Morgan fingerprint density at radius 3 is 2.45 bits per heavy atom. The van der Waals surface area contributed by atoms with E-state index in [9.17, 15) is 19.2 Å². The molecule has 172 valence electrons. The average Bonchev–Trinajstić information content (AvgIpc) is 3.26. The second-order valence-electron chi connectivity index (χ2n) is 8.62. The number of fused-ring (bicyclic) bond motifs is 1. The molecule has 1 aliphatic carbocycles. The third-order valence-electron chi connectivity index (χ3n) is 6.47. The van der Waals surface area contributed by atoms with Gasteiger partial charge in [-0.3, -0.25) is 19.2 Å². The Morgan fingerprint density at radius 2 is 1.67 bits per heavy atom. The number of nitrogens with zero attached hydrogens (tertiary/aromatic N) is 1. The number of rotatable bonds is 6. The van der Waals surface area contributed by atoms with Crippen LogP contribution in [-0.4, -0.2) is 36.7 Å². The number of carbonyl (C=O) groups excluding carboxylic acids is 4. The minimum Gasteiger partial charge on any atom is -0.455 e. The summed E-state index contributed by atoms with van der Waals surface area (Å²) in [6.45, 7) is 1.58. The number of amides is 2. The first-order valence-electron chi connectivity index (χ1n) is 11.4. The molecule has 1 heterocycles. The van der Waals surface area contributed by atoms with Gasteiger partial charge in [-0.05, 0) is 49.9 Å². The Bertz CT molecular complexity index is 1080. The van der Waals surface area contributed by atoms with E-state index in [1.54, 1.807) is 29.2 Å². The van der Waals surface area contributed by atoms with E-state index in [0.29, 0.717) is 30.6 Å². The fourth-order valence-corrected chi connectivity index (χ4v) is 4.81. The molecule has 1 fully saturated rings. The number of ether oxygens (including phenoxy) is 1. The number of nitrogens with one attached hydrogen (secondary N) is 1. The predicted octanol–water partition coefficient (Wildman–Crippen LogP) is 3.77. The van der Waals surface area contributed by atoms with Crippen LogP contribution in [0.5, 0.6) is 0 Å². The van der Waals surface area contributed by atoms with Crippen LogP contribution in [0.3, 0.4) is 0 Å². The Hall–Kier alpha value is -3.48. The number of hydrogen-bond acceptors (Lipinski definition) is 5. The molecule has 0 aromatic heterocycles. The molecule has 2 amide bonds. The van der Waals surface area contributed by atoms with Gasteiger partial charge in [0.2, 0.25) is 5.91 Å². The number of benzene rings is 2. The second-order valence-corrected chi connectivity index (χ2v) is 8.62. The first-order valence-corrected chi connectivity index (χ1v) is 11.4. The zero-order chi connectivity index (χ0) is 23.4. The molecule has 1 saturated carbocycles. The number of esters is 1. The van der Waals surface area contributed by atoms with E-state index >= 15 is 0 Å². The van der Waals surface area contributed by atoms with Gasteiger partial charge in [-0.15, -0.1) is 0 Å². The molecule has 2 aromatic carbocycles. The van der Waals surface area contributed by atoms with E-state index in [-0.39, 0.29) is 11.7 Å². The van der Waals surface area contributed by atoms with Gasteiger partial charge >= 0.3 is 5.97 Å². The lowest BCUT2D eigenvalue weighted by Crippen LogP contribution is -2.42. The van der Waals surface area contributed by atoms with E-state index in [2.05, 4.69) is 5.32 Å². The molecule has 0 radical (unpaired) electrons. The summed E-state index contributed by atoms with van der Waals surface area (Å²) < 4.78 is 5.32. The molecule has 33 heavy (non-hydrogen) atoms. The quantitative estimate of drug-likeness (QED) is 0.536. The highest BCUT2D eigenvalue weighted by atomic mass is 16.5. The molecule has 7 heteroatoms. The van der Waals surface area contributed by atoms with Crippen LogP contribution in [0.25, 0.3) is 0 Å². The zero-order valence-electron chi connectivity index (χ0n) is 18.7. The molecule has 4 rings (SSSR count). The molecule has 2 aromatic rings. The smallest absolute Gasteiger partial charge is 0.310 e. The fourth-order valence-electron chi connectivity index (χ4n) is 4.81. The highest BCUT2D eigenvalue weighted by Gasteiger charge is 2.40. The summed E-state index contributed by atoms with van der Waals surface area (Å²) in [6.07, 6.45) is 3.75. The first kappa shape index (κ1) is 22.7. The summed E-state index contributed by atoms with van der Waals surface area (Å²) in [5.74, 6) is -2.26. The zero-order valence-corrected chi connectivity index (χ0v) is 18.7. The highest BCUT2D eigenvalue weighted by Crippen LogP contribution is 2.36. The van der Waals surface area contributed by atoms with Crippen LogP contribution in [0, 0.1) is 11.8 Å². The summed E-state index contributed by atoms with van der Waals surface area (Å²) in [4.78, 5) is 52.1. The number of anilines is 2. The molecule has 2 atom stereocenters. The lowest BCUT2D eigenvalue weighted by molar-refractivity contribution is -0.156. The van der Waals surface area contributed by atoms with E-state index in [1.807, 2.05) is 24.3 Å². The largest absolute Gasteiger partial charge is 0.455 e. The maximum atomic E-state index is 13.4. The van der Waals surface area contributed by atoms with Crippen LogP contribution in [0.4, 0.5) is 11.4 Å². The van der Waals surface area contributed by atoms with Crippen molar-refractivity contribution in [2.24, 2.45) is 11.8 Å². The van der Waals surface area contributed by atoms with Crippen molar-refractivity contribution in [1.82, 2.24) is 0 Å². The maximum Gasteiger partial charge on any atom is 0.310 e. The third kappa shape index (κ3) is 4.97. The van der Waals surface area contributed by atoms with Gasteiger partial charge in [-0.2, -0.15) is 0 Å². The molecule has 1 aliphatic heterocycles. The van der Waals surface area contributed by atoms with Crippen molar-refractivity contribution in [1.29, 1.82) is 0 Å². The Morgan fingerprint density at radius 1 is 0.970 bits per heavy atom. The Balaban J connectivity index is 1.38. The summed E-state index contributed by atoms with van der Waals surface area (Å²) in [5.41, 5.74) is 2.83. The standard InChI is InChI=1S/C26H28N2O5/c1-17(29)19-9-5-6-12-22(19)27-24(30)16-33-26(32)21-11-4-3-10-20(21)25(31)28-15-14-18-8-2-7-13-23(18)28/h2,5-9,12-13,20-21H,3-4,10-11,14-16H2,1H3,(H,27,30).